The lowest BCUT2D eigenvalue weighted by molar-refractivity contribution is -0.200. The van der Waals surface area contributed by atoms with Crippen LogP contribution in [0.4, 0.5) is 0 Å². The van der Waals surface area contributed by atoms with Crippen LogP contribution in [0.5, 0.6) is 0 Å². The largest absolute Gasteiger partial charge is 0.374 e. The molecule has 3 rings (SSSR count). The molecule has 1 unspecified atom stereocenters. The van der Waals surface area contributed by atoms with Gasteiger partial charge in [-0.3, -0.25) is 14.4 Å². The van der Waals surface area contributed by atoms with Gasteiger partial charge in [0, 0.05) is 39.0 Å². The van der Waals surface area contributed by atoms with E-state index < -0.39 is 18.2 Å². The molecular formula is C29H43N3O6. The van der Waals surface area contributed by atoms with Crippen molar-refractivity contribution in [1.29, 1.82) is 0 Å². The lowest BCUT2D eigenvalue weighted by atomic mass is 9.96. The van der Waals surface area contributed by atoms with Gasteiger partial charge < -0.3 is 19.7 Å². The van der Waals surface area contributed by atoms with E-state index in [4.69, 9.17) is 14.3 Å². The van der Waals surface area contributed by atoms with Gasteiger partial charge in [0.15, 0.2) is 6.29 Å². The van der Waals surface area contributed by atoms with Gasteiger partial charge in [-0.05, 0) is 56.9 Å². The van der Waals surface area contributed by atoms with Crippen molar-refractivity contribution in [2.75, 3.05) is 26.8 Å². The molecule has 0 saturated carbocycles. The van der Waals surface area contributed by atoms with Gasteiger partial charge in [0.1, 0.15) is 6.04 Å². The molecule has 9 nitrogen and oxygen atoms in total. The second kappa shape index (κ2) is 17.0. The fourth-order valence-electron chi connectivity index (χ4n) is 4.57. The molecule has 0 spiro atoms. The Morgan fingerprint density at radius 3 is 2.61 bits per heavy atom. The van der Waals surface area contributed by atoms with Gasteiger partial charge in [-0.2, -0.15) is 0 Å². The molecule has 38 heavy (non-hydrogen) atoms. The number of nitrogens with zero attached hydrogens (tertiary/aromatic N) is 1. The highest BCUT2D eigenvalue weighted by molar-refractivity contribution is 5.90. The molecule has 0 bridgehead atoms. The highest BCUT2D eigenvalue weighted by Gasteiger charge is 2.29. The first-order valence-electron chi connectivity index (χ1n) is 13.9. The smallest absolute Gasteiger partial charge is 0.247 e. The van der Waals surface area contributed by atoms with Crippen LogP contribution in [0.2, 0.25) is 0 Å². The van der Waals surface area contributed by atoms with Gasteiger partial charge in [0.25, 0.3) is 0 Å². The number of carbonyl (C=O) groups is 3. The van der Waals surface area contributed by atoms with Crippen molar-refractivity contribution in [3.63, 3.8) is 0 Å². The zero-order valence-corrected chi connectivity index (χ0v) is 22.6. The second-order valence-electron chi connectivity index (χ2n) is 10.1. The number of amides is 3. The van der Waals surface area contributed by atoms with E-state index in [1.54, 1.807) is 11.9 Å². The molecule has 210 valence electrons. The normalized spacial score (nSPS) is 25.1. The van der Waals surface area contributed by atoms with Crippen molar-refractivity contribution < 1.29 is 28.7 Å². The van der Waals surface area contributed by atoms with Gasteiger partial charge in [-0.1, -0.05) is 42.5 Å². The van der Waals surface area contributed by atoms with E-state index in [0.29, 0.717) is 26.2 Å². The van der Waals surface area contributed by atoms with Crippen molar-refractivity contribution in [3.8, 4) is 0 Å². The lowest BCUT2D eigenvalue weighted by Gasteiger charge is -2.26. The number of nitrogens with one attached hydrogen (secondary N) is 2. The van der Waals surface area contributed by atoms with E-state index in [0.717, 1.165) is 56.9 Å². The Hall–Kier alpha value is -2.75. The number of hydrogen-bond donors (Lipinski definition) is 2. The Morgan fingerprint density at radius 2 is 1.84 bits per heavy atom. The number of allylic oxidation sites excluding steroid dienone is 2. The van der Waals surface area contributed by atoms with Gasteiger partial charge in [0.2, 0.25) is 17.7 Å². The molecule has 1 aromatic carbocycles. The molecule has 0 radical (unpaired) electrons. The minimum Gasteiger partial charge on any atom is -0.374 e. The predicted molar refractivity (Wildman–Crippen MR) is 143 cm³/mol. The highest BCUT2D eigenvalue weighted by Crippen LogP contribution is 2.17. The number of hydrogen-bond acceptors (Lipinski definition) is 6. The van der Waals surface area contributed by atoms with Crippen LogP contribution in [0.15, 0.2) is 42.5 Å². The maximum absolute atomic E-state index is 13.4. The molecule has 9 heteroatoms. The number of carbonyl (C=O) groups excluding carboxylic acids is 3. The van der Waals surface area contributed by atoms with Crippen LogP contribution in [-0.4, -0.2) is 61.8 Å². The van der Waals surface area contributed by atoms with E-state index in [2.05, 4.69) is 22.9 Å². The number of rotatable bonds is 8. The molecule has 1 fully saturated rings. The summed E-state index contributed by atoms with van der Waals surface area (Å²) in [5.41, 5.74) is 3.44. The SMILES string of the molecule is CN1CCCC/C=C/CCC[C@H](CC(=O)NOC2CCCCO2)C(=O)N[C@@H](COCc2ccccc2)C1=O. The summed E-state index contributed by atoms with van der Waals surface area (Å²) in [7, 11) is 1.75. The number of ether oxygens (including phenoxy) is 2. The fraction of sp³-hybridized carbons (Fsp3) is 0.621. The van der Waals surface area contributed by atoms with Crippen LogP contribution in [0.25, 0.3) is 0 Å². The van der Waals surface area contributed by atoms with Gasteiger partial charge in [-0.15, -0.1) is 0 Å². The van der Waals surface area contributed by atoms with Crippen molar-refractivity contribution in [2.24, 2.45) is 5.92 Å². The minimum absolute atomic E-state index is 0.0378. The van der Waals surface area contributed by atoms with Crippen molar-refractivity contribution in [1.82, 2.24) is 15.7 Å². The van der Waals surface area contributed by atoms with E-state index in [-0.39, 0.29) is 30.7 Å². The zero-order valence-electron chi connectivity index (χ0n) is 22.6. The first-order valence-corrected chi connectivity index (χ1v) is 13.9. The second-order valence-corrected chi connectivity index (χ2v) is 10.1. The average molecular weight is 530 g/mol. The summed E-state index contributed by atoms with van der Waals surface area (Å²) < 4.78 is 11.3. The molecule has 2 aliphatic heterocycles. The summed E-state index contributed by atoms with van der Waals surface area (Å²) in [6.07, 6.45) is 11.4. The maximum Gasteiger partial charge on any atom is 0.247 e. The average Bonchev–Trinajstić information content (AvgIpc) is 2.94. The van der Waals surface area contributed by atoms with E-state index >= 15 is 0 Å². The van der Waals surface area contributed by atoms with Crippen LogP contribution in [0.3, 0.4) is 0 Å². The van der Waals surface area contributed by atoms with Gasteiger partial charge in [-0.25, -0.2) is 10.3 Å². The molecule has 2 N–H and O–H groups in total. The Labute approximate surface area is 226 Å². The molecule has 0 aliphatic carbocycles. The highest BCUT2D eigenvalue weighted by atomic mass is 16.8. The van der Waals surface area contributed by atoms with Crippen molar-refractivity contribution >= 4 is 17.7 Å². The monoisotopic (exact) mass is 529 g/mol. The molecule has 0 aromatic heterocycles. The van der Waals surface area contributed by atoms with E-state index in [1.807, 2.05) is 30.3 Å². The fourth-order valence-corrected chi connectivity index (χ4v) is 4.57. The minimum atomic E-state index is -0.836. The Kier molecular flexibility index (Phi) is 13.3. The summed E-state index contributed by atoms with van der Waals surface area (Å²) in [5.74, 6) is -1.51. The first-order chi connectivity index (χ1) is 18.5. The molecule has 2 heterocycles. The topological polar surface area (TPSA) is 106 Å². The third-order valence-electron chi connectivity index (χ3n) is 6.84. The third-order valence-corrected chi connectivity index (χ3v) is 6.84. The Morgan fingerprint density at radius 1 is 1.05 bits per heavy atom. The van der Waals surface area contributed by atoms with E-state index in [9.17, 15) is 14.4 Å². The summed E-state index contributed by atoms with van der Waals surface area (Å²) in [6.45, 7) is 1.59. The van der Waals surface area contributed by atoms with Crippen molar-refractivity contribution in [2.45, 2.75) is 83.1 Å². The van der Waals surface area contributed by atoms with Crippen LogP contribution >= 0.6 is 0 Å². The van der Waals surface area contributed by atoms with Crippen LogP contribution < -0.4 is 10.8 Å². The Bertz CT molecular complexity index is 888. The van der Waals surface area contributed by atoms with Crippen molar-refractivity contribution in [3.05, 3.63) is 48.0 Å². The molecular weight excluding hydrogens is 486 g/mol. The Balaban J connectivity index is 1.64. The van der Waals surface area contributed by atoms with Gasteiger partial charge in [0.05, 0.1) is 13.2 Å². The number of likely N-dealkylation sites (N-methyl/N-ethyl adjacent to an activating group) is 1. The predicted octanol–water partition coefficient (Wildman–Crippen LogP) is 3.64. The van der Waals surface area contributed by atoms with Gasteiger partial charge >= 0.3 is 0 Å². The third kappa shape index (κ3) is 10.9. The first kappa shape index (κ1) is 29.8. The molecule has 3 atom stereocenters. The van der Waals surface area contributed by atoms with E-state index in [1.165, 1.54) is 0 Å². The molecule has 1 saturated heterocycles. The van der Waals surface area contributed by atoms with Crippen LogP contribution in [0, 0.1) is 5.92 Å². The zero-order chi connectivity index (χ0) is 27.0. The summed E-state index contributed by atoms with van der Waals surface area (Å²) in [4.78, 5) is 46.4. The molecule has 2 aliphatic rings. The summed E-state index contributed by atoms with van der Waals surface area (Å²) >= 11 is 0. The molecule has 1 aromatic rings. The van der Waals surface area contributed by atoms with Crippen LogP contribution in [-0.2, 0) is 35.3 Å². The quantitative estimate of drug-likeness (QED) is 0.394. The number of benzene rings is 1. The maximum atomic E-state index is 13.4. The lowest BCUT2D eigenvalue weighted by Crippen LogP contribution is -2.51. The summed E-state index contributed by atoms with van der Waals surface area (Å²) in [5, 5.41) is 2.90. The summed E-state index contributed by atoms with van der Waals surface area (Å²) in [6, 6.07) is 8.85. The molecule has 3 amide bonds. The number of hydroxylamine groups is 1. The standard InChI is InChI=1S/C29H43N3O6/c1-32-18-12-6-4-2-3-5-10-16-24(20-26(33)31-38-27-17-11-13-19-37-27)28(34)30-25(29(32)35)22-36-21-23-14-8-7-9-15-23/h2-3,7-9,14-15,24-25,27H,4-6,10-13,16-22H2,1H3,(H,30,34)(H,31,33)/b3-2+/t24-,25+,27?/m1/s1. The van der Waals surface area contributed by atoms with Crippen LogP contribution in [0.1, 0.15) is 69.8 Å².